The number of hydrogen-bond donors (Lipinski definition) is 3. The highest BCUT2D eigenvalue weighted by molar-refractivity contribution is 6.67. The Kier molecular flexibility index (Phi) is 39.6. The number of aromatic nitrogens is 2. The van der Waals surface area contributed by atoms with E-state index in [4.69, 9.17) is 16.7 Å². The molecule has 3 N–H and O–H groups in total. The summed E-state index contributed by atoms with van der Waals surface area (Å²) in [6, 6.07) is 2.99. The third-order valence-corrected chi connectivity index (χ3v) is 21.0. The maximum Gasteiger partial charge on any atom is 0.338 e. The van der Waals surface area contributed by atoms with Gasteiger partial charge in [0.1, 0.15) is 46.1 Å². The lowest BCUT2D eigenvalue weighted by atomic mass is 9.90. The van der Waals surface area contributed by atoms with E-state index in [9.17, 15) is 195 Å². The number of carbonyl (C=O) groups is 12. The number of Topliss-reactive ketones (excluding diaryl/α,β-unsaturated/α-hetero) is 10. The van der Waals surface area contributed by atoms with Gasteiger partial charge in [0.05, 0.1) is 84.4 Å². The second-order valence-corrected chi connectivity index (χ2v) is 32.0. The summed E-state index contributed by atoms with van der Waals surface area (Å²) in [7, 11) is 0. The maximum atomic E-state index is 15.5. The maximum absolute atomic E-state index is 15.5. The van der Waals surface area contributed by atoms with E-state index in [2.05, 4.69) is 10.3 Å². The molecule has 3 saturated carbocycles. The lowest BCUT2D eigenvalue weighted by Crippen LogP contribution is -2.49. The number of allylic oxidation sites excluding steroid dienone is 3. The number of carbonyl (C=O) groups excluding carboxylic acids is 11. The number of aromatic carboxylic acids is 1. The average molecular weight is 2120 g/mol. The van der Waals surface area contributed by atoms with Crippen molar-refractivity contribution < 1.29 is 195 Å². The number of anilines is 1. The van der Waals surface area contributed by atoms with Gasteiger partial charge in [0, 0.05) is 56.4 Å². The number of fused-ring (bicyclic) bond motifs is 2. The quantitative estimate of drug-likeness (QED) is 0.00575. The number of piperazine rings is 1. The molecule has 4 aliphatic rings. The molecule has 1 aliphatic heterocycles. The van der Waals surface area contributed by atoms with Crippen molar-refractivity contribution in [3.8, 4) is 0 Å². The van der Waals surface area contributed by atoms with Crippen molar-refractivity contribution in [1.29, 1.82) is 0 Å². The number of benzene rings is 8. The van der Waals surface area contributed by atoms with Crippen LogP contribution >= 0.6 is 11.6 Å². The van der Waals surface area contributed by atoms with Gasteiger partial charge in [-0.3, -0.25) is 67.3 Å². The van der Waals surface area contributed by atoms with Crippen LogP contribution in [0.25, 0.3) is 27.6 Å². The molecule has 0 bridgehead atoms. The van der Waals surface area contributed by atoms with Crippen molar-refractivity contribution in [2.75, 3.05) is 24.5 Å². The van der Waals surface area contributed by atoms with Crippen molar-refractivity contribution in [3.63, 3.8) is 0 Å². The van der Waals surface area contributed by atoms with Crippen molar-refractivity contribution in [3.05, 3.63) is 312 Å². The summed E-state index contributed by atoms with van der Waals surface area (Å²) >= 11 is 4.77. The molecule has 14 rings (SSSR count). The Labute approximate surface area is 805 Å². The highest BCUT2D eigenvalue weighted by Gasteiger charge is 2.38. The fourth-order valence-corrected chi connectivity index (χ4v) is 13.3. The molecule has 4 fully saturated rings. The van der Waals surface area contributed by atoms with Crippen molar-refractivity contribution in [2.45, 2.75) is 131 Å². The normalized spacial score (nSPS) is 13.8. The van der Waals surface area contributed by atoms with E-state index in [0.717, 1.165) is 91.5 Å². The van der Waals surface area contributed by atoms with Crippen LogP contribution < -0.4 is 21.1 Å². The number of halogens is 30. The number of aliphatic hydroxyl groups excluding tert-OH is 1. The lowest BCUT2D eigenvalue weighted by molar-refractivity contribution is -0.128. The Morgan fingerprint density at radius 3 is 1.12 bits per heavy atom. The second-order valence-electron chi connectivity index (χ2n) is 31.6. The molecule has 0 spiro atoms. The Hall–Kier alpha value is -15.0. The molecule has 8 aromatic carbocycles. The third kappa shape index (κ3) is 27.1. The van der Waals surface area contributed by atoms with Gasteiger partial charge in [-0.1, -0.05) is 6.08 Å². The van der Waals surface area contributed by atoms with Crippen LogP contribution in [0.1, 0.15) is 197 Å². The SMILES string of the molecule is C/C=C(\C(C)=O)C(=O)c1cc(F)c(F)c(F)c1F.CC(=O)C(C(C)=O)C(=O)c1cc(F)c(F)c(F)c1F.CC(=O)C(C=NC1CC1)=C(O)c1cc(F)c(F)c(F)c1F.CC(=O)CC(=O)c1cc(F)c(F)c(F)c1F.CC(=O)c1cn(C2CC2)c2c(F)c(F)c(F)cc2c1=O.CC(=O)c1cn(C2CC2)c2c(F)c(N3CCNC(C)C3)c(F)cc2c1=O.O=C(Cl)c1cc(F)c(F)c(F)c1F.O=C(O)c1cc(F)c(F)c(F)c1F. The number of nitrogens with zero attached hydrogens (tertiary/aromatic N) is 4. The van der Waals surface area contributed by atoms with Crippen LogP contribution in [0.4, 0.5) is 133 Å². The monoisotopic (exact) mass is 2120 g/mol. The molecular formula is C95H67ClF29N5O16. The molecule has 0 radical (unpaired) electrons. The van der Waals surface area contributed by atoms with Crippen molar-refractivity contribution >= 4 is 120 Å². The summed E-state index contributed by atoms with van der Waals surface area (Å²) in [4.78, 5) is 164. The Balaban J connectivity index is 0.000000228. The molecule has 1 saturated heterocycles. The van der Waals surface area contributed by atoms with Gasteiger partial charge in [0.25, 0.3) is 5.24 Å². The number of hydrogen-bond acceptors (Lipinski definition) is 18. The predicted molar refractivity (Wildman–Crippen MR) is 457 cm³/mol. The van der Waals surface area contributed by atoms with E-state index in [1.54, 1.807) is 9.47 Å². The fourth-order valence-electron chi connectivity index (χ4n) is 13.2. The summed E-state index contributed by atoms with van der Waals surface area (Å²) in [5.41, 5.74) is -9.00. The van der Waals surface area contributed by atoms with Crippen LogP contribution in [0.15, 0.2) is 92.7 Å². The summed E-state index contributed by atoms with van der Waals surface area (Å²) in [6.07, 6.45) is 8.96. The number of ketones is 10. The smallest absolute Gasteiger partial charge is 0.338 e. The number of pyridine rings is 2. The topological polar surface area (TPSA) is 317 Å². The van der Waals surface area contributed by atoms with Crippen LogP contribution in [0.2, 0.25) is 0 Å². The standard InChI is InChI=1S/C19H21F2N3O2.C14H11F4NO2.C14H10F3NO2.C12H8F4O3.C12H8F4O2.C10H6F4O2.C7HClF4O.C7H2F4O2/c1-10-8-23(6-5-22-10)18-15(20)7-13-17(16(18)21)24(12-3-4-12)9-14(11(2)25)19(13)26;1-6(20)9(5-19-7-2-3-7)14(21)8-4-10(15)12(17)13(18)11(8)16;1-6(19)9-5-18(7-2-3-7)13-8(14(9)20)4-10(15)11(16)12(13)17;1-4(17)8(5(2)18)12(19)6-3-7(13)10(15)11(16)9(6)14;1-3-6(5(2)17)12(18)7-4-8(13)10(15)11(16)9(7)14;1-4(15)2-7(16)5-3-6(11)9(13)10(14)8(5)12;8-7(13)2-1-3(9)5(11)6(12)4(2)10;8-3-1-2(7(12)13)4(9)6(11)5(3)10/h7,9-10,12,22H,3-6,8H2,1-2H3;4-5,7,21H,2-3H2,1H3;4-5,7H,2-3H2,1H3;3,8H,1-2H3;3-4H,1-2H3;3H,2H2,1H3;1H;1H,(H,12,13)/b;;;;6-3+;;;. The molecule has 3 heterocycles. The molecule has 146 heavy (non-hydrogen) atoms. The van der Waals surface area contributed by atoms with Gasteiger partial charge in [0.15, 0.2) is 214 Å². The molecule has 21 nitrogen and oxygen atoms in total. The number of aliphatic imine (C=N–C) groups is 1. The first-order valence-electron chi connectivity index (χ1n) is 41.3. The number of nitrogens with one attached hydrogen (secondary N) is 1. The number of rotatable bonds is 21. The first-order valence-corrected chi connectivity index (χ1v) is 41.7. The third-order valence-electron chi connectivity index (χ3n) is 20.8. The number of carboxylic acid groups (broad SMARTS) is 1. The summed E-state index contributed by atoms with van der Waals surface area (Å²) in [5, 5.41) is 19.6. The largest absolute Gasteiger partial charge is 0.506 e. The predicted octanol–water partition coefficient (Wildman–Crippen LogP) is 21.1. The lowest BCUT2D eigenvalue weighted by Gasteiger charge is -2.34. The minimum Gasteiger partial charge on any atom is -0.506 e. The van der Waals surface area contributed by atoms with Gasteiger partial charge in [-0.05, 0) is 161 Å². The fraction of sp³-hybridized carbons (Fsp3) is 0.253. The van der Waals surface area contributed by atoms with Crippen LogP contribution in [-0.2, 0) is 24.0 Å². The highest BCUT2D eigenvalue weighted by atomic mass is 35.5. The number of carboxylic acids is 1. The summed E-state index contributed by atoms with van der Waals surface area (Å²) < 4.78 is 381. The minimum atomic E-state index is -2.17. The van der Waals surface area contributed by atoms with Gasteiger partial charge in [-0.15, -0.1) is 0 Å². The van der Waals surface area contributed by atoms with Gasteiger partial charge in [-0.2, -0.15) is 0 Å². The molecule has 1 atom stereocenters. The first-order chi connectivity index (χ1) is 67.8. The highest BCUT2D eigenvalue weighted by Crippen LogP contribution is 2.42. The van der Waals surface area contributed by atoms with E-state index in [1.165, 1.54) is 37.7 Å². The van der Waals surface area contributed by atoms with E-state index in [1.807, 2.05) is 6.92 Å². The average Bonchev–Trinajstić information content (AvgIpc) is 1.46. The molecule has 2 aromatic heterocycles. The Morgan fingerprint density at radius 1 is 0.411 bits per heavy atom. The van der Waals surface area contributed by atoms with E-state index in [-0.39, 0.29) is 99.2 Å². The second kappa shape index (κ2) is 49.0. The Morgan fingerprint density at radius 2 is 0.753 bits per heavy atom. The molecule has 0 amide bonds. The van der Waals surface area contributed by atoms with Gasteiger partial charge >= 0.3 is 5.97 Å². The molecule has 3 aliphatic carbocycles. The van der Waals surface area contributed by atoms with Crippen LogP contribution in [0.3, 0.4) is 0 Å². The zero-order valence-corrected chi connectivity index (χ0v) is 76.4. The van der Waals surface area contributed by atoms with E-state index < -0.39 is 311 Å². The molecule has 1 unspecified atom stereocenters. The zero-order chi connectivity index (χ0) is 111. The van der Waals surface area contributed by atoms with E-state index >= 15 is 4.39 Å². The van der Waals surface area contributed by atoms with Gasteiger partial charge in [-0.25, -0.2) is 132 Å². The van der Waals surface area contributed by atoms with Crippen LogP contribution in [-0.4, -0.2) is 126 Å². The van der Waals surface area contributed by atoms with Crippen LogP contribution in [0.5, 0.6) is 0 Å². The van der Waals surface area contributed by atoms with E-state index in [0.29, 0.717) is 25.7 Å². The van der Waals surface area contributed by atoms with Crippen molar-refractivity contribution in [2.24, 2.45) is 10.9 Å². The summed E-state index contributed by atoms with van der Waals surface area (Å²) in [6.45, 7) is 12.4. The molecule has 51 heteroatoms. The van der Waals surface area contributed by atoms with Crippen LogP contribution in [0, 0.1) is 175 Å². The zero-order valence-electron chi connectivity index (χ0n) is 75.6. The molecule has 10 aromatic rings. The Bertz CT molecular complexity index is 7230. The van der Waals surface area contributed by atoms with Gasteiger partial charge in [0.2, 0.25) is 0 Å². The number of aliphatic hydroxyl groups is 1. The minimum absolute atomic E-state index is 0.0215. The first kappa shape index (κ1) is 118. The summed E-state index contributed by atoms with van der Waals surface area (Å²) in [5.74, 6) is -64.8. The molecule has 778 valence electrons. The molecular weight excluding hydrogens is 2050 g/mol. The van der Waals surface area contributed by atoms with Crippen molar-refractivity contribution in [1.82, 2.24) is 14.5 Å². The van der Waals surface area contributed by atoms with Gasteiger partial charge < -0.3 is 29.6 Å².